The number of furan rings is 1. The van der Waals surface area contributed by atoms with Crippen LogP contribution >= 0.6 is 11.8 Å². The minimum absolute atomic E-state index is 0.152. The van der Waals surface area contributed by atoms with Gasteiger partial charge in [-0.25, -0.2) is 4.98 Å². The number of aryl methyl sites for hydroxylation is 1. The van der Waals surface area contributed by atoms with Gasteiger partial charge in [0.25, 0.3) is 5.76 Å². The third-order valence-corrected chi connectivity index (χ3v) is 4.82. The van der Waals surface area contributed by atoms with Gasteiger partial charge in [-0.2, -0.15) is 8.78 Å². The zero-order valence-electron chi connectivity index (χ0n) is 15.1. The van der Waals surface area contributed by atoms with Gasteiger partial charge < -0.3 is 13.7 Å². The van der Waals surface area contributed by atoms with Gasteiger partial charge in [-0.05, 0) is 29.8 Å². The van der Waals surface area contributed by atoms with Gasteiger partial charge in [0.05, 0.1) is 25.4 Å². The molecule has 0 saturated carbocycles. The Morgan fingerprint density at radius 3 is 2.56 bits per heavy atom. The summed E-state index contributed by atoms with van der Waals surface area (Å²) < 4.78 is 37.4. The molecule has 1 N–H and O–H groups in total. The van der Waals surface area contributed by atoms with Crippen molar-refractivity contribution < 1.29 is 17.9 Å². The average molecular weight is 393 g/mol. The molecule has 0 amide bonds. The molecule has 3 aromatic rings. The standard InChI is InChI=1S/C19H21F2N3O2S/c1-24-10-9-22-18(24)17(13-3-5-14(25-2)6-4-13)23-11-15-7-8-16(26-15)12-27-19(20)21/h3-10,17,19,23H,11-12H2,1-2H3. The first kappa shape index (κ1) is 19.4. The number of aromatic nitrogens is 2. The lowest BCUT2D eigenvalue weighted by atomic mass is 10.1. The molecule has 0 aliphatic carbocycles. The first-order chi connectivity index (χ1) is 13.1. The van der Waals surface area contributed by atoms with Crippen LogP contribution in [0.3, 0.4) is 0 Å². The minimum Gasteiger partial charge on any atom is -0.497 e. The maximum absolute atomic E-state index is 12.3. The van der Waals surface area contributed by atoms with Gasteiger partial charge in [0.2, 0.25) is 0 Å². The number of ether oxygens (including phenoxy) is 1. The Hall–Kier alpha value is -2.32. The fourth-order valence-corrected chi connectivity index (χ4v) is 3.20. The molecule has 1 atom stereocenters. The molecule has 1 unspecified atom stereocenters. The molecule has 2 aromatic heterocycles. The Bertz CT molecular complexity index is 849. The van der Waals surface area contributed by atoms with Crippen molar-refractivity contribution in [3.8, 4) is 5.75 Å². The number of benzene rings is 1. The zero-order valence-corrected chi connectivity index (χ0v) is 15.9. The largest absolute Gasteiger partial charge is 0.497 e. The molecule has 0 spiro atoms. The molecular formula is C19H21F2N3O2S. The molecule has 1 aromatic carbocycles. The molecule has 144 valence electrons. The van der Waals surface area contributed by atoms with Gasteiger partial charge in [-0.15, -0.1) is 0 Å². The van der Waals surface area contributed by atoms with Crippen molar-refractivity contribution in [1.29, 1.82) is 0 Å². The number of imidazole rings is 1. The zero-order chi connectivity index (χ0) is 19.2. The van der Waals surface area contributed by atoms with Crippen molar-refractivity contribution >= 4 is 11.8 Å². The van der Waals surface area contributed by atoms with Crippen LogP contribution in [0.2, 0.25) is 0 Å². The highest BCUT2D eigenvalue weighted by atomic mass is 32.2. The number of nitrogens with one attached hydrogen (secondary N) is 1. The Morgan fingerprint density at radius 2 is 1.93 bits per heavy atom. The molecule has 0 radical (unpaired) electrons. The SMILES string of the molecule is COc1ccc(C(NCc2ccc(CSC(F)F)o2)c2nccn2C)cc1. The molecule has 0 aliphatic rings. The van der Waals surface area contributed by atoms with Crippen LogP contribution < -0.4 is 10.1 Å². The van der Waals surface area contributed by atoms with Crippen LogP contribution in [0, 0.1) is 0 Å². The topological polar surface area (TPSA) is 52.2 Å². The number of methoxy groups -OCH3 is 1. The molecule has 0 bridgehead atoms. The van der Waals surface area contributed by atoms with E-state index in [0.717, 1.165) is 17.1 Å². The predicted octanol–water partition coefficient (Wildman–Crippen LogP) is 4.36. The summed E-state index contributed by atoms with van der Waals surface area (Å²) in [4.78, 5) is 4.45. The van der Waals surface area contributed by atoms with E-state index in [1.165, 1.54) is 0 Å². The van der Waals surface area contributed by atoms with Crippen LogP contribution in [0.4, 0.5) is 8.78 Å². The fourth-order valence-electron chi connectivity index (χ4n) is 2.75. The van der Waals surface area contributed by atoms with E-state index in [-0.39, 0.29) is 11.8 Å². The van der Waals surface area contributed by atoms with E-state index in [4.69, 9.17) is 9.15 Å². The Balaban J connectivity index is 1.73. The van der Waals surface area contributed by atoms with Crippen LogP contribution in [0.15, 0.2) is 53.2 Å². The van der Waals surface area contributed by atoms with E-state index >= 15 is 0 Å². The molecule has 8 heteroatoms. The highest BCUT2D eigenvalue weighted by Crippen LogP contribution is 2.25. The van der Waals surface area contributed by atoms with Crippen LogP contribution in [-0.2, 0) is 19.3 Å². The predicted molar refractivity (Wildman–Crippen MR) is 101 cm³/mol. The summed E-state index contributed by atoms with van der Waals surface area (Å²) in [5.41, 5.74) is 1.03. The summed E-state index contributed by atoms with van der Waals surface area (Å²) >= 11 is 0.550. The molecule has 0 fully saturated rings. The lowest BCUT2D eigenvalue weighted by Crippen LogP contribution is -2.24. The van der Waals surface area contributed by atoms with Crippen molar-refractivity contribution in [2.75, 3.05) is 7.11 Å². The van der Waals surface area contributed by atoms with Gasteiger partial charge in [-0.3, -0.25) is 5.32 Å². The molecule has 3 rings (SSSR count). The monoisotopic (exact) mass is 393 g/mol. The van der Waals surface area contributed by atoms with Crippen molar-refractivity contribution in [2.45, 2.75) is 24.1 Å². The molecule has 0 aliphatic heterocycles. The second-order valence-corrected chi connectivity index (χ2v) is 6.90. The normalized spacial score (nSPS) is 12.5. The van der Waals surface area contributed by atoms with E-state index < -0.39 is 5.76 Å². The second-order valence-electron chi connectivity index (χ2n) is 5.92. The summed E-state index contributed by atoms with van der Waals surface area (Å²) in [5.74, 6) is 0.617. The molecule has 2 heterocycles. The summed E-state index contributed by atoms with van der Waals surface area (Å²) in [5, 5.41) is 3.44. The van der Waals surface area contributed by atoms with E-state index in [0.29, 0.717) is 29.8 Å². The van der Waals surface area contributed by atoms with Crippen molar-refractivity contribution in [1.82, 2.24) is 14.9 Å². The third-order valence-electron chi connectivity index (χ3n) is 4.12. The number of thioether (sulfide) groups is 1. The van der Waals surface area contributed by atoms with E-state index in [1.807, 2.05) is 42.1 Å². The minimum atomic E-state index is -2.40. The van der Waals surface area contributed by atoms with Crippen LogP contribution in [0.1, 0.15) is 29.0 Å². The maximum Gasteiger partial charge on any atom is 0.284 e. The van der Waals surface area contributed by atoms with Crippen molar-refractivity contribution in [3.63, 3.8) is 0 Å². The summed E-state index contributed by atoms with van der Waals surface area (Å²) in [7, 11) is 3.57. The van der Waals surface area contributed by atoms with Gasteiger partial charge in [0, 0.05) is 19.4 Å². The lowest BCUT2D eigenvalue weighted by molar-refractivity contribution is 0.251. The van der Waals surface area contributed by atoms with Crippen LogP contribution in [-0.4, -0.2) is 22.4 Å². The number of hydrogen-bond acceptors (Lipinski definition) is 5. The number of alkyl halides is 2. The fraction of sp³-hybridized carbons (Fsp3) is 0.316. The highest BCUT2D eigenvalue weighted by molar-refractivity contribution is 7.98. The van der Waals surface area contributed by atoms with Crippen LogP contribution in [0.5, 0.6) is 5.75 Å². The molecule has 27 heavy (non-hydrogen) atoms. The quantitative estimate of drug-likeness (QED) is 0.586. The highest BCUT2D eigenvalue weighted by Gasteiger charge is 2.19. The number of rotatable bonds is 9. The second kappa shape index (κ2) is 9.05. The number of nitrogens with zero attached hydrogens (tertiary/aromatic N) is 2. The van der Waals surface area contributed by atoms with Crippen molar-refractivity contribution in [3.05, 3.63) is 71.7 Å². The van der Waals surface area contributed by atoms with Gasteiger partial charge >= 0.3 is 0 Å². The first-order valence-corrected chi connectivity index (χ1v) is 9.43. The van der Waals surface area contributed by atoms with Crippen LogP contribution in [0.25, 0.3) is 0 Å². The van der Waals surface area contributed by atoms with Crippen molar-refractivity contribution in [2.24, 2.45) is 7.05 Å². The lowest BCUT2D eigenvalue weighted by Gasteiger charge is -2.19. The molecule has 5 nitrogen and oxygen atoms in total. The maximum atomic E-state index is 12.3. The van der Waals surface area contributed by atoms with E-state index in [9.17, 15) is 8.78 Å². The number of hydrogen-bond donors (Lipinski definition) is 1. The Labute approximate surface area is 160 Å². The Kier molecular flexibility index (Phi) is 6.52. The van der Waals surface area contributed by atoms with E-state index in [1.54, 1.807) is 25.4 Å². The summed E-state index contributed by atoms with van der Waals surface area (Å²) in [6, 6.07) is 11.2. The summed E-state index contributed by atoms with van der Waals surface area (Å²) in [6.45, 7) is 0.447. The third kappa shape index (κ3) is 5.11. The first-order valence-electron chi connectivity index (χ1n) is 8.38. The Morgan fingerprint density at radius 1 is 1.19 bits per heavy atom. The molecule has 0 saturated heterocycles. The van der Waals surface area contributed by atoms with Gasteiger partial charge in [0.15, 0.2) is 0 Å². The average Bonchev–Trinajstić information content (AvgIpc) is 3.30. The van der Waals surface area contributed by atoms with Gasteiger partial charge in [0.1, 0.15) is 23.1 Å². The number of halogens is 2. The van der Waals surface area contributed by atoms with Gasteiger partial charge in [-0.1, -0.05) is 23.9 Å². The smallest absolute Gasteiger partial charge is 0.284 e. The van der Waals surface area contributed by atoms with E-state index in [2.05, 4.69) is 10.3 Å². The summed E-state index contributed by atoms with van der Waals surface area (Å²) in [6.07, 6.45) is 3.64. The molecular weight excluding hydrogens is 372 g/mol.